The molecule has 1 atom stereocenters. The Morgan fingerprint density at radius 3 is 2.47 bits per heavy atom. The highest BCUT2D eigenvalue weighted by Gasteiger charge is 2.14. The normalized spacial score (nSPS) is 11.4. The Hall–Kier alpha value is -2.51. The summed E-state index contributed by atoms with van der Waals surface area (Å²) in [5.41, 5.74) is 0.353. The Labute approximate surface area is 109 Å². The fourth-order valence-corrected chi connectivity index (χ4v) is 1.39. The summed E-state index contributed by atoms with van der Waals surface area (Å²) in [6, 6.07) is -0.706. The number of aliphatic carboxylic acids is 1. The number of aromatic nitrogens is 2. The third kappa shape index (κ3) is 6.10. The molecule has 0 saturated heterocycles. The number of urea groups is 1. The molecule has 1 heterocycles. The second-order valence-electron chi connectivity index (χ2n) is 4.04. The number of carboxylic acids is 1. The first-order valence-electron chi connectivity index (χ1n) is 5.55. The van der Waals surface area contributed by atoms with Crippen molar-refractivity contribution in [1.82, 2.24) is 15.3 Å². The summed E-state index contributed by atoms with van der Waals surface area (Å²) in [7, 11) is 0. The largest absolute Gasteiger partial charge is 0.481 e. The molecule has 0 fully saturated rings. The Morgan fingerprint density at radius 2 is 1.89 bits per heavy atom. The van der Waals surface area contributed by atoms with E-state index in [0.29, 0.717) is 5.69 Å². The highest BCUT2D eigenvalue weighted by atomic mass is 16.4. The monoisotopic (exact) mass is 266 g/mol. The van der Waals surface area contributed by atoms with Crippen LogP contribution in [0.4, 0.5) is 10.5 Å². The van der Waals surface area contributed by atoms with E-state index in [1.54, 1.807) is 6.92 Å². The molecule has 0 spiro atoms. The lowest BCUT2D eigenvalue weighted by Gasteiger charge is -2.09. The topological polar surface area (TPSA) is 121 Å². The average molecular weight is 266 g/mol. The zero-order chi connectivity index (χ0) is 14.3. The van der Waals surface area contributed by atoms with Gasteiger partial charge in [0.2, 0.25) is 5.91 Å². The molecule has 0 aromatic carbocycles. The van der Waals surface area contributed by atoms with Gasteiger partial charge in [-0.15, -0.1) is 0 Å². The number of nitrogens with zero attached hydrogens (tertiary/aromatic N) is 2. The lowest BCUT2D eigenvalue weighted by atomic mass is 10.0. The minimum atomic E-state index is -0.980. The van der Waals surface area contributed by atoms with Crippen molar-refractivity contribution >= 4 is 23.6 Å². The lowest BCUT2D eigenvalue weighted by Crippen LogP contribution is -2.35. The molecule has 0 radical (unpaired) electrons. The molecule has 1 unspecified atom stereocenters. The second kappa shape index (κ2) is 7.04. The van der Waals surface area contributed by atoms with E-state index in [9.17, 15) is 14.4 Å². The van der Waals surface area contributed by atoms with Crippen LogP contribution in [0.15, 0.2) is 18.7 Å². The first-order valence-corrected chi connectivity index (χ1v) is 5.55. The third-order valence-electron chi connectivity index (χ3n) is 2.13. The number of carbonyl (C=O) groups excluding carboxylic acids is 2. The van der Waals surface area contributed by atoms with Gasteiger partial charge >= 0.3 is 12.0 Å². The molecule has 0 aliphatic rings. The van der Waals surface area contributed by atoms with Crippen molar-refractivity contribution < 1.29 is 19.5 Å². The van der Waals surface area contributed by atoms with Crippen LogP contribution >= 0.6 is 0 Å². The zero-order valence-electron chi connectivity index (χ0n) is 10.3. The summed E-state index contributed by atoms with van der Waals surface area (Å²) in [6.07, 6.45) is 3.91. The van der Waals surface area contributed by atoms with Crippen molar-refractivity contribution in [1.29, 1.82) is 0 Å². The molecule has 0 bridgehead atoms. The van der Waals surface area contributed by atoms with Gasteiger partial charge in [-0.2, -0.15) is 0 Å². The number of rotatable bonds is 5. The van der Waals surface area contributed by atoms with Crippen LogP contribution in [0, 0.1) is 5.92 Å². The molecular formula is C11H14N4O4. The van der Waals surface area contributed by atoms with Gasteiger partial charge in [0.1, 0.15) is 6.33 Å². The fraction of sp³-hybridized carbons (Fsp3) is 0.364. The zero-order valence-corrected chi connectivity index (χ0v) is 10.3. The minimum absolute atomic E-state index is 0.0367. The van der Waals surface area contributed by atoms with Crippen LogP contribution in [-0.4, -0.2) is 33.0 Å². The van der Waals surface area contributed by atoms with E-state index in [1.165, 1.54) is 18.7 Å². The molecule has 0 aliphatic carbocycles. The van der Waals surface area contributed by atoms with Gasteiger partial charge in [-0.25, -0.2) is 14.8 Å². The number of hydrogen-bond acceptors (Lipinski definition) is 5. The van der Waals surface area contributed by atoms with Crippen LogP contribution in [0.3, 0.4) is 0 Å². The van der Waals surface area contributed by atoms with Gasteiger partial charge in [-0.1, -0.05) is 6.92 Å². The summed E-state index contributed by atoms with van der Waals surface area (Å²) in [5, 5.41) is 13.0. The summed E-state index contributed by atoms with van der Waals surface area (Å²) in [6.45, 7) is 1.62. The average Bonchev–Trinajstić information content (AvgIpc) is 2.28. The van der Waals surface area contributed by atoms with Gasteiger partial charge in [-0.05, 0) is 5.92 Å². The molecule has 3 amide bonds. The minimum Gasteiger partial charge on any atom is -0.481 e. The van der Waals surface area contributed by atoms with Crippen LogP contribution in [-0.2, 0) is 9.59 Å². The van der Waals surface area contributed by atoms with E-state index in [0.717, 1.165) is 0 Å². The number of amides is 3. The maximum absolute atomic E-state index is 11.4. The number of anilines is 1. The summed E-state index contributed by atoms with van der Waals surface area (Å²) >= 11 is 0. The van der Waals surface area contributed by atoms with E-state index in [-0.39, 0.29) is 18.8 Å². The van der Waals surface area contributed by atoms with Gasteiger partial charge < -0.3 is 10.4 Å². The van der Waals surface area contributed by atoms with E-state index >= 15 is 0 Å². The molecule has 19 heavy (non-hydrogen) atoms. The number of carboxylic acid groups (broad SMARTS) is 1. The highest BCUT2D eigenvalue weighted by Crippen LogP contribution is 2.07. The van der Waals surface area contributed by atoms with Crippen molar-refractivity contribution in [2.24, 2.45) is 5.92 Å². The molecule has 3 N–H and O–H groups in total. The van der Waals surface area contributed by atoms with Crippen LogP contribution in [0.5, 0.6) is 0 Å². The lowest BCUT2D eigenvalue weighted by molar-refractivity contribution is -0.138. The Morgan fingerprint density at radius 1 is 1.26 bits per heavy atom. The van der Waals surface area contributed by atoms with Crippen LogP contribution in [0.2, 0.25) is 0 Å². The fourth-order valence-electron chi connectivity index (χ4n) is 1.39. The third-order valence-corrected chi connectivity index (χ3v) is 2.13. The van der Waals surface area contributed by atoms with Gasteiger partial charge in [0.25, 0.3) is 0 Å². The van der Waals surface area contributed by atoms with Gasteiger partial charge in [0, 0.05) is 12.8 Å². The Kier molecular flexibility index (Phi) is 5.39. The van der Waals surface area contributed by atoms with E-state index < -0.39 is 17.9 Å². The number of hydrogen-bond donors (Lipinski definition) is 3. The van der Waals surface area contributed by atoms with Crippen molar-refractivity contribution in [3.05, 3.63) is 18.7 Å². The Bertz CT molecular complexity index is 463. The first-order chi connectivity index (χ1) is 8.97. The van der Waals surface area contributed by atoms with E-state index in [4.69, 9.17) is 5.11 Å². The standard InChI is InChI=1S/C11H14N4O4/c1-7(3-10(17)18)2-9(16)15-11(19)14-8-4-12-6-13-5-8/h4-7H,2-3H2,1H3,(H,17,18)(H2,14,15,16,19). The molecule has 8 heteroatoms. The van der Waals surface area contributed by atoms with E-state index in [2.05, 4.69) is 20.6 Å². The second-order valence-corrected chi connectivity index (χ2v) is 4.04. The van der Waals surface area contributed by atoms with Gasteiger partial charge in [0.15, 0.2) is 0 Å². The molecule has 1 aromatic rings. The summed E-state index contributed by atoms with van der Waals surface area (Å²) in [4.78, 5) is 40.7. The van der Waals surface area contributed by atoms with Crippen molar-refractivity contribution in [2.75, 3.05) is 5.32 Å². The summed E-state index contributed by atoms with van der Waals surface area (Å²) < 4.78 is 0. The van der Waals surface area contributed by atoms with E-state index in [1.807, 2.05) is 0 Å². The highest BCUT2D eigenvalue weighted by molar-refractivity contribution is 6.01. The predicted octanol–water partition coefficient (Wildman–Crippen LogP) is 0.626. The number of carbonyl (C=O) groups is 3. The van der Waals surface area contributed by atoms with Crippen LogP contribution in [0.1, 0.15) is 19.8 Å². The van der Waals surface area contributed by atoms with Crippen LogP contribution in [0.25, 0.3) is 0 Å². The van der Waals surface area contributed by atoms with Crippen LogP contribution < -0.4 is 10.6 Å². The maximum atomic E-state index is 11.4. The number of nitrogens with one attached hydrogen (secondary N) is 2. The number of imide groups is 1. The van der Waals surface area contributed by atoms with Crippen molar-refractivity contribution in [2.45, 2.75) is 19.8 Å². The quantitative estimate of drug-likeness (QED) is 0.718. The molecule has 0 saturated carbocycles. The predicted molar refractivity (Wildman–Crippen MR) is 65.2 cm³/mol. The molecular weight excluding hydrogens is 252 g/mol. The molecule has 8 nitrogen and oxygen atoms in total. The smallest absolute Gasteiger partial charge is 0.325 e. The molecule has 1 aromatic heterocycles. The van der Waals surface area contributed by atoms with Gasteiger partial charge in [-0.3, -0.25) is 14.9 Å². The Balaban J connectivity index is 2.36. The summed E-state index contributed by atoms with van der Waals surface area (Å²) in [5.74, 6) is -1.86. The first kappa shape index (κ1) is 14.6. The molecule has 1 rings (SSSR count). The van der Waals surface area contributed by atoms with Crippen molar-refractivity contribution in [3.63, 3.8) is 0 Å². The molecule has 102 valence electrons. The van der Waals surface area contributed by atoms with Crippen molar-refractivity contribution in [3.8, 4) is 0 Å². The van der Waals surface area contributed by atoms with Gasteiger partial charge in [0.05, 0.1) is 18.1 Å². The molecule has 0 aliphatic heterocycles. The maximum Gasteiger partial charge on any atom is 0.325 e. The SMILES string of the molecule is CC(CC(=O)O)CC(=O)NC(=O)Nc1cncnc1.